The van der Waals surface area contributed by atoms with Crippen LogP contribution in [0.15, 0.2) is 71.7 Å². The molecular weight excluding hydrogens is 655 g/mol. The predicted octanol–water partition coefficient (Wildman–Crippen LogP) is 8.80. The van der Waals surface area contributed by atoms with E-state index in [0.717, 1.165) is 22.3 Å². The highest BCUT2D eigenvalue weighted by Gasteiger charge is 2.45. The quantitative estimate of drug-likeness (QED) is 0.267. The monoisotopic (exact) mass is 702 g/mol. The van der Waals surface area contributed by atoms with Crippen LogP contribution in [-0.2, 0) is 5.41 Å². The van der Waals surface area contributed by atoms with E-state index in [1.807, 2.05) is 85.2 Å². The normalized spacial score (nSPS) is 18.7. The molecule has 2 aliphatic rings. The number of piperazine rings is 1. The van der Waals surface area contributed by atoms with Crippen LogP contribution in [0.4, 0.5) is 4.79 Å². The number of amides is 2. The fourth-order valence-electron chi connectivity index (χ4n) is 6.10. The number of nitrogens with zero attached hydrogens (tertiary/aromatic N) is 4. The first-order valence-electron chi connectivity index (χ1n) is 15.6. The van der Waals surface area contributed by atoms with E-state index in [-0.39, 0.29) is 31.3 Å². The Hall–Kier alpha value is -2.81. The Kier molecular flexibility index (Phi) is 12.8. The molecule has 0 spiro atoms. The lowest BCUT2D eigenvalue weighted by Crippen LogP contribution is -2.55. The van der Waals surface area contributed by atoms with Gasteiger partial charge in [-0.15, -0.1) is 12.4 Å². The standard InChI is InChI=1S/C36H44Cl2N4O3.CH4.ClH/c1-7-45-30-22-26(35(2,3)4)12-17-29(30)33-39-31(24-8-13-27(37)14-9-24)32(25-10-15-28(38)16-11-25)42(33)34(43)41-20-18-40(19-21-41)23-36(5,6)44;;/h8-17,22,31-32,44H,7,18-21,23H2,1-6H3;1H4;1H/t31-,32+;;/m0../s1. The van der Waals surface area contributed by atoms with E-state index >= 15 is 0 Å². The van der Waals surface area contributed by atoms with Crippen molar-refractivity contribution in [3.63, 3.8) is 0 Å². The number of amidine groups is 1. The summed E-state index contributed by atoms with van der Waals surface area (Å²) >= 11 is 12.6. The van der Waals surface area contributed by atoms with Crippen molar-refractivity contribution in [3.8, 4) is 5.75 Å². The molecule has 47 heavy (non-hydrogen) atoms. The molecule has 0 aromatic heterocycles. The van der Waals surface area contributed by atoms with Gasteiger partial charge in [-0.1, -0.05) is 81.7 Å². The number of halogens is 3. The molecule has 256 valence electrons. The summed E-state index contributed by atoms with van der Waals surface area (Å²) in [7, 11) is 0. The van der Waals surface area contributed by atoms with Crippen LogP contribution < -0.4 is 4.74 Å². The molecule has 0 radical (unpaired) electrons. The first kappa shape index (κ1) is 38.6. The molecule has 1 N–H and O–H groups in total. The smallest absolute Gasteiger partial charge is 0.326 e. The largest absolute Gasteiger partial charge is 0.493 e. The maximum atomic E-state index is 14.8. The van der Waals surface area contributed by atoms with Gasteiger partial charge in [-0.2, -0.15) is 0 Å². The van der Waals surface area contributed by atoms with Crippen LogP contribution in [0, 0.1) is 0 Å². The van der Waals surface area contributed by atoms with Gasteiger partial charge in [0.25, 0.3) is 0 Å². The number of β-amino-alcohol motifs (C(OH)–C–C–N with tert-alkyl or cyclic N) is 1. The van der Waals surface area contributed by atoms with Crippen molar-refractivity contribution < 1.29 is 14.6 Å². The summed E-state index contributed by atoms with van der Waals surface area (Å²) in [6.07, 6.45) is 0. The number of aliphatic imine (C=N–C) groups is 1. The molecule has 0 unspecified atom stereocenters. The van der Waals surface area contributed by atoms with Gasteiger partial charge in [0.1, 0.15) is 17.6 Å². The Morgan fingerprint density at radius 2 is 1.45 bits per heavy atom. The molecule has 2 amide bonds. The Balaban J connectivity index is 0.00000300. The molecule has 2 aliphatic heterocycles. The Morgan fingerprint density at radius 1 is 0.894 bits per heavy atom. The first-order valence-corrected chi connectivity index (χ1v) is 16.4. The average Bonchev–Trinajstić information content (AvgIpc) is 3.37. The third-order valence-electron chi connectivity index (χ3n) is 8.34. The van der Waals surface area contributed by atoms with E-state index in [2.05, 4.69) is 37.8 Å². The molecule has 0 aliphatic carbocycles. The fourth-order valence-corrected chi connectivity index (χ4v) is 6.35. The lowest BCUT2D eigenvalue weighted by Gasteiger charge is -2.40. The predicted molar refractivity (Wildman–Crippen MR) is 197 cm³/mol. The van der Waals surface area contributed by atoms with E-state index < -0.39 is 17.7 Å². The molecule has 5 rings (SSSR count). The summed E-state index contributed by atoms with van der Waals surface area (Å²) in [6, 6.07) is 20.6. The number of hydrogen-bond donors (Lipinski definition) is 1. The molecule has 1 saturated heterocycles. The van der Waals surface area contributed by atoms with Crippen molar-refractivity contribution in [2.75, 3.05) is 39.3 Å². The van der Waals surface area contributed by atoms with Gasteiger partial charge in [-0.25, -0.2) is 4.79 Å². The van der Waals surface area contributed by atoms with E-state index in [9.17, 15) is 9.90 Å². The van der Waals surface area contributed by atoms with Crippen LogP contribution in [0.3, 0.4) is 0 Å². The molecule has 3 aromatic rings. The van der Waals surface area contributed by atoms with Gasteiger partial charge >= 0.3 is 6.03 Å². The van der Waals surface area contributed by atoms with Gasteiger partial charge in [0, 0.05) is 42.8 Å². The van der Waals surface area contributed by atoms with E-state index in [1.165, 1.54) is 0 Å². The molecule has 0 bridgehead atoms. The summed E-state index contributed by atoms with van der Waals surface area (Å²) in [4.78, 5) is 26.0. The van der Waals surface area contributed by atoms with Crippen LogP contribution in [-0.4, -0.2) is 76.6 Å². The molecule has 2 heterocycles. The fraction of sp³-hybridized carbons (Fsp3) is 0.459. The molecule has 2 atom stereocenters. The van der Waals surface area contributed by atoms with E-state index in [1.54, 1.807) is 0 Å². The van der Waals surface area contributed by atoms with E-state index in [0.29, 0.717) is 61.0 Å². The average molecular weight is 704 g/mol. The van der Waals surface area contributed by atoms with Crippen LogP contribution in [0.5, 0.6) is 5.75 Å². The summed E-state index contributed by atoms with van der Waals surface area (Å²) < 4.78 is 6.23. The second kappa shape index (κ2) is 15.6. The minimum Gasteiger partial charge on any atom is -0.493 e. The Morgan fingerprint density at radius 3 is 1.96 bits per heavy atom. The maximum Gasteiger partial charge on any atom is 0.326 e. The number of carbonyl (C=O) groups is 1. The maximum absolute atomic E-state index is 14.8. The molecule has 3 aromatic carbocycles. The van der Waals surface area contributed by atoms with E-state index in [4.69, 9.17) is 32.9 Å². The van der Waals surface area contributed by atoms with Crippen molar-refractivity contribution in [3.05, 3.63) is 99.0 Å². The van der Waals surface area contributed by atoms with Gasteiger partial charge in [0.05, 0.1) is 23.8 Å². The molecule has 1 fully saturated rings. The van der Waals surface area contributed by atoms with Crippen LogP contribution in [0.2, 0.25) is 10.0 Å². The number of aliphatic hydroxyl groups is 1. The highest BCUT2D eigenvalue weighted by molar-refractivity contribution is 6.30. The summed E-state index contributed by atoms with van der Waals surface area (Å²) in [5.41, 5.74) is 2.90. The van der Waals surface area contributed by atoms with Gasteiger partial charge in [-0.05, 0) is 79.3 Å². The lowest BCUT2D eigenvalue weighted by atomic mass is 9.86. The van der Waals surface area contributed by atoms with Gasteiger partial charge in [0.15, 0.2) is 0 Å². The molecule has 7 nitrogen and oxygen atoms in total. The number of carbonyl (C=O) groups excluding carboxylic acids is 1. The van der Waals surface area contributed by atoms with Crippen molar-refractivity contribution in [2.45, 2.75) is 72.1 Å². The molecule has 0 saturated carbocycles. The molecule has 10 heteroatoms. The Bertz CT molecular complexity index is 1520. The third kappa shape index (κ3) is 9.01. The lowest BCUT2D eigenvalue weighted by molar-refractivity contribution is 0.0210. The van der Waals surface area contributed by atoms with Crippen molar-refractivity contribution in [2.24, 2.45) is 4.99 Å². The minimum absolute atomic E-state index is 0. The second-order valence-corrected chi connectivity index (χ2v) is 14.4. The summed E-state index contributed by atoms with van der Waals surface area (Å²) in [5, 5.41) is 11.6. The summed E-state index contributed by atoms with van der Waals surface area (Å²) in [6.45, 7) is 15.6. The summed E-state index contributed by atoms with van der Waals surface area (Å²) in [5.74, 6) is 1.27. The van der Waals surface area contributed by atoms with Gasteiger partial charge in [0.2, 0.25) is 0 Å². The highest BCUT2D eigenvalue weighted by Crippen LogP contribution is 2.46. The zero-order valence-corrected chi connectivity index (χ0v) is 29.8. The number of urea groups is 1. The third-order valence-corrected chi connectivity index (χ3v) is 8.84. The number of ether oxygens (including phenoxy) is 1. The number of benzene rings is 3. The zero-order valence-electron chi connectivity index (χ0n) is 27.5. The zero-order chi connectivity index (χ0) is 32.5. The second-order valence-electron chi connectivity index (χ2n) is 13.6. The number of rotatable bonds is 7. The SMILES string of the molecule is C.CCOc1cc(C(C)(C)C)ccc1C1=N[C@@H](c2ccc(Cl)cc2)[C@@H](c2ccc(Cl)cc2)N1C(=O)N1CCN(CC(C)(C)O)CC1.Cl. The highest BCUT2D eigenvalue weighted by atomic mass is 35.5. The van der Waals surface area contributed by atoms with Crippen LogP contribution in [0.25, 0.3) is 0 Å². The van der Waals surface area contributed by atoms with Crippen molar-refractivity contribution in [1.82, 2.24) is 14.7 Å². The van der Waals surface area contributed by atoms with Crippen LogP contribution in [0.1, 0.15) is 83.3 Å². The molecular formula is C37H49Cl3N4O3. The minimum atomic E-state index is -0.804. The Labute approximate surface area is 296 Å². The number of hydrogen-bond acceptors (Lipinski definition) is 5. The van der Waals surface area contributed by atoms with Gasteiger partial charge < -0.3 is 14.7 Å². The topological polar surface area (TPSA) is 68.6 Å². The van der Waals surface area contributed by atoms with Gasteiger partial charge in [-0.3, -0.25) is 14.8 Å². The van der Waals surface area contributed by atoms with Crippen LogP contribution >= 0.6 is 35.6 Å². The first-order chi connectivity index (χ1) is 21.2. The van der Waals surface area contributed by atoms with Crippen molar-refractivity contribution >= 4 is 47.5 Å². The van der Waals surface area contributed by atoms with Crippen molar-refractivity contribution in [1.29, 1.82) is 0 Å².